The third-order valence-corrected chi connectivity index (χ3v) is 3.89. The van der Waals surface area contributed by atoms with Crippen LogP contribution in [0.4, 0.5) is 4.39 Å². The predicted octanol–water partition coefficient (Wildman–Crippen LogP) is 3.95. The number of para-hydroxylation sites is 1. The summed E-state index contributed by atoms with van der Waals surface area (Å²) in [5.41, 5.74) is 0.303. The minimum absolute atomic E-state index is 0.0831. The molecule has 3 heteroatoms. The third-order valence-electron chi connectivity index (χ3n) is 3.89. The van der Waals surface area contributed by atoms with Crippen LogP contribution in [0, 0.1) is 5.82 Å². The van der Waals surface area contributed by atoms with E-state index in [9.17, 15) is 4.39 Å². The molecule has 0 spiro atoms. The molecule has 1 aliphatic rings. The van der Waals surface area contributed by atoms with Crippen molar-refractivity contribution < 1.29 is 8.81 Å². The van der Waals surface area contributed by atoms with Crippen LogP contribution in [-0.4, -0.2) is 6.54 Å². The Bertz CT molecular complexity index is 555. The SMILES string of the molecule is CCCC1(c2cc3cccc(F)c3o2)CCCN1. The lowest BCUT2D eigenvalue weighted by atomic mass is 9.89. The van der Waals surface area contributed by atoms with Crippen LogP contribution >= 0.6 is 0 Å². The largest absolute Gasteiger partial charge is 0.456 e. The van der Waals surface area contributed by atoms with Crippen molar-refractivity contribution in [3.63, 3.8) is 0 Å². The Labute approximate surface area is 106 Å². The molecule has 96 valence electrons. The lowest BCUT2D eigenvalue weighted by molar-refractivity contribution is 0.290. The second kappa shape index (κ2) is 4.39. The highest BCUT2D eigenvalue weighted by Gasteiger charge is 2.37. The summed E-state index contributed by atoms with van der Waals surface area (Å²) in [6.45, 7) is 3.19. The summed E-state index contributed by atoms with van der Waals surface area (Å²) >= 11 is 0. The molecule has 0 saturated carbocycles. The Morgan fingerprint density at radius 3 is 3.00 bits per heavy atom. The summed E-state index contributed by atoms with van der Waals surface area (Å²) in [4.78, 5) is 0. The molecule has 1 aromatic carbocycles. The van der Waals surface area contributed by atoms with Gasteiger partial charge in [-0.25, -0.2) is 4.39 Å². The van der Waals surface area contributed by atoms with E-state index in [0.717, 1.165) is 43.4 Å². The lowest BCUT2D eigenvalue weighted by Crippen LogP contribution is -2.36. The van der Waals surface area contributed by atoms with E-state index in [1.165, 1.54) is 6.07 Å². The molecule has 3 rings (SSSR count). The van der Waals surface area contributed by atoms with E-state index in [-0.39, 0.29) is 11.4 Å². The van der Waals surface area contributed by atoms with Gasteiger partial charge in [0.25, 0.3) is 0 Å². The monoisotopic (exact) mass is 247 g/mol. The fourth-order valence-electron chi connectivity index (χ4n) is 3.04. The first kappa shape index (κ1) is 11.7. The molecule has 0 amide bonds. The van der Waals surface area contributed by atoms with Gasteiger partial charge in [0.05, 0.1) is 5.54 Å². The first-order valence-electron chi connectivity index (χ1n) is 6.69. The topological polar surface area (TPSA) is 25.2 Å². The van der Waals surface area contributed by atoms with Crippen LogP contribution in [0.2, 0.25) is 0 Å². The lowest BCUT2D eigenvalue weighted by Gasteiger charge is -2.26. The van der Waals surface area contributed by atoms with Crippen molar-refractivity contribution in [1.29, 1.82) is 0 Å². The highest BCUT2D eigenvalue weighted by atomic mass is 19.1. The molecule has 0 radical (unpaired) electrons. The maximum Gasteiger partial charge on any atom is 0.169 e. The van der Waals surface area contributed by atoms with Crippen LogP contribution in [0.1, 0.15) is 38.4 Å². The van der Waals surface area contributed by atoms with Crippen molar-refractivity contribution in [3.8, 4) is 0 Å². The van der Waals surface area contributed by atoms with E-state index in [2.05, 4.69) is 12.2 Å². The summed E-state index contributed by atoms with van der Waals surface area (Å²) < 4.78 is 19.5. The van der Waals surface area contributed by atoms with Gasteiger partial charge in [-0.1, -0.05) is 25.5 Å². The average molecular weight is 247 g/mol. The minimum Gasteiger partial charge on any atom is -0.456 e. The molecular weight excluding hydrogens is 229 g/mol. The van der Waals surface area contributed by atoms with Gasteiger partial charge in [-0.05, 0) is 37.9 Å². The smallest absolute Gasteiger partial charge is 0.169 e. The molecule has 1 unspecified atom stereocenters. The van der Waals surface area contributed by atoms with Crippen molar-refractivity contribution in [2.24, 2.45) is 0 Å². The van der Waals surface area contributed by atoms with Crippen LogP contribution in [-0.2, 0) is 5.54 Å². The van der Waals surface area contributed by atoms with Crippen LogP contribution < -0.4 is 5.32 Å². The predicted molar refractivity (Wildman–Crippen MR) is 70.0 cm³/mol. The van der Waals surface area contributed by atoms with Crippen LogP contribution in [0.3, 0.4) is 0 Å². The first-order chi connectivity index (χ1) is 8.75. The summed E-state index contributed by atoms with van der Waals surface area (Å²) in [5.74, 6) is 0.616. The first-order valence-corrected chi connectivity index (χ1v) is 6.69. The number of benzene rings is 1. The van der Waals surface area contributed by atoms with Gasteiger partial charge in [-0.15, -0.1) is 0 Å². The molecule has 1 aliphatic heterocycles. The Morgan fingerprint density at radius 2 is 2.33 bits per heavy atom. The molecule has 0 bridgehead atoms. The summed E-state index contributed by atoms with van der Waals surface area (Å²) in [6, 6.07) is 7.07. The molecule has 1 atom stereocenters. The number of halogens is 1. The minimum atomic E-state index is -0.275. The molecule has 2 nitrogen and oxygen atoms in total. The van der Waals surface area contributed by atoms with Crippen molar-refractivity contribution in [1.82, 2.24) is 5.32 Å². The van der Waals surface area contributed by atoms with E-state index in [1.54, 1.807) is 6.07 Å². The number of hydrogen-bond donors (Lipinski definition) is 1. The molecule has 18 heavy (non-hydrogen) atoms. The van der Waals surface area contributed by atoms with Crippen molar-refractivity contribution in [2.75, 3.05) is 6.54 Å². The van der Waals surface area contributed by atoms with E-state index in [0.29, 0.717) is 5.58 Å². The molecule has 1 saturated heterocycles. The molecule has 1 N–H and O–H groups in total. The van der Waals surface area contributed by atoms with Crippen molar-refractivity contribution in [3.05, 3.63) is 35.8 Å². The Hall–Kier alpha value is -1.35. The number of hydrogen-bond acceptors (Lipinski definition) is 2. The number of fused-ring (bicyclic) bond motifs is 1. The van der Waals surface area contributed by atoms with Crippen LogP contribution in [0.15, 0.2) is 28.7 Å². The quantitative estimate of drug-likeness (QED) is 0.888. The van der Waals surface area contributed by atoms with E-state index in [1.807, 2.05) is 12.1 Å². The van der Waals surface area contributed by atoms with Gasteiger partial charge in [0.2, 0.25) is 0 Å². The average Bonchev–Trinajstić information content (AvgIpc) is 2.97. The van der Waals surface area contributed by atoms with E-state index < -0.39 is 0 Å². The van der Waals surface area contributed by atoms with E-state index in [4.69, 9.17) is 4.42 Å². The van der Waals surface area contributed by atoms with Gasteiger partial charge >= 0.3 is 0 Å². The highest BCUT2D eigenvalue weighted by Crippen LogP contribution is 2.38. The zero-order valence-corrected chi connectivity index (χ0v) is 10.6. The zero-order chi connectivity index (χ0) is 12.6. The molecule has 0 aliphatic carbocycles. The Kier molecular flexibility index (Phi) is 2.86. The van der Waals surface area contributed by atoms with Crippen LogP contribution in [0.5, 0.6) is 0 Å². The molecule has 2 heterocycles. The second-order valence-electron chi connectivity index (χ2n) is 5.13. The number of nitrogens with one attached hydrogen (secondary N) is 1. The summed E-state index contributed by atoms with van der Waals surface area (Å²) in [5, 5.41) is 4.41. The van der Waals surface area contributed by atoms with Crippen molar-refractivity contribution >= 4 is 11.0 Å². The van der Waals surface area contributed by atoms with E-state index >= 15 is 0 Å². The zero-order valence-electron chi connectivity index (χ0n) is 10.6. The maximum absolute atomic E-state index is 13.7. The van der Waals surface area contributed by atoms with Crippen molar-refractivity contribution in [2.45, 2.75) is 38.1 Å². The molecular formula is C15H18FNO. The summed E-state index contributed by atoms with van der Waals surface area (Å²) in [7, 11) is 0. The third kappa shape index (κ3) is 1.74. The second-order valence-corrected chi connectivity index (χ2v) is 5.13. The standard InChI is InChI=1S/C15H18FNO/c1-2-7-15(8-4-9-17-15)13-10-11-5-3-6-12(16)14(11)18-13/h3,5-6,10,17H,2,4,7-9H2,1H3. The highest BCUT2D eigenvalue weighted by molar-refractivity contribution is 5.78. The van der Waals surface area contributed by atoms with Crippen LogP contribution in [0.25, 0.3) is 11.0 Å². The number of furan rings is 1. The van der Waals surface area contributed by atoms with Gasteiger partial charge in [0.15, 0.2) is 11.4 Å². The Morgan fingerprint density at radius 1 is 1.44 bits per heavy atom. The fourth-order valence-corrected chi connectivity index (χ4v) is 3.04. The molecule has 2 aromatic rings. The van der Waals surface area contributed by atoms with Gasteiger partial charge < -0.3 is 9.73 Å². The molecule has 1 fully saturated rings. The van der Waals surface area contributed by atoms with Gasteiger partial charge in [-0.3, -0.25) is 0 Å². The maximum atomic E-state index is 13.7. The molecule has 1 aromatic heterocycles. The van der Waals surface area contributed by atoms with Gasteiger partial charge in [0.1, 0.15) is 5.76 Å². The fraction of sp³-hybridized carbons (Fsp3) is 0.467. The Balaban J connectivity index is 2.09. The van der Waals surface area contributed by atoms with Gasteiger partial charge in [-0.2, -0.15) is 0 Å². The van der Waals surface area contributed by atoms with Gasteiger partial charge in [0, 0.05) is 5.39 Å². The normalized spacial score (nSPS) is 23.9. The number of rotatable bonds is 3. The summed E-state index contributed by atoms with van der Waals surface area (Å²) in [6.07, 6.45) is 4.35.